The summed E-state index contributed by atoms with van der Waals surface area (Å²) in [7, 11) is 3.34. The van der Waals surface area contributed by atoms with Crippen LogP contribution in [-0.2, 0) is 20.2 Å². The van der Waals surface area contributed by atoms with E-state index in [4.69, 9.17) is 9.47 Å². The lowest BCUT2D eigenvalue weighted by molar-refractivity contribution is 0.275. The topological polar surface area (TPSA) is 74.1 Å². The third kappa shape index (κ3) is 4.42. The minimum absolute atomic E-state index is 0.258. The van der Waals surface area contributed by atoms with Crippen molar-refractivity contribution >= 4 is 0 Å². The molecule has 0 fully saturated rings. The SMILES string of the molecule is COc1cc(CNC(C)C)ccc1OCc1nnn(C)n1. The Bertz CT molecular complexity index is 582. The summed E-state index contributed by atoms with van der Waals surface area (Å²) in [4.78, 5) is 1.40. The van der Waals surface area contributed by atoms with Gasteiger partial charge in [0.15, 0.2) is 18.1 Å². The first kappa shape index (κ1) is 15.2. The number of hydrogen-bond acceptors (Lipinski definition) is 6. The lowest BCUT2D eigenvalue weighted by Crippen LogP contribution is -2.21. The molecule has 1 heterocycles. The molecule has 2 aromatic rings. The van der Waals surface area contributed by atoms with E-state index in [0.29, 0.717) is 23.4 Å². The first-order chi connectivity index (χ1) is 10.1. The van der Waals surface area contributed by atoms with Crippen LogP contribution in [0.15, 0.2) is 18.2 Å². The van der Waals surface area contributed by atoms with Crippen LogP contribution in [0.2, 0.25) is 0 Å². The van der Waals surface area contributed by atoms with Crippen LogP contribution in [0.3, 0.4) is 0 Å². The zero-order chi connectivity index (χ0) is 15.2. The number of methoxy groups -OCH3 is 1. The first-order valence-electron chi connectivity index (χ1n) is 6.84. The molecule has 0 saturated heterocycles. The van der Waals surface area contributed by atoms with E-state index < -0.39 is 0 Å². The Morgan fingerprint density at radius 1 is 1.29 bits per heavy atom. The number of aromatic nitrogens is 4. The lowest BCUT2D eigenvalue weighted by atomic mass is 10.2. The molecule has 1 aromatic heterocycles. The molecule has 0 bridgehead atoms. The van der Waals surface area contributed by atoms with Crippen molar-refractivity contribution in [3.63, 3.8) is 0 Å². The number of tetrazole rings is 1. The van der Waals surface area contributed by atoms with Crippen LogP contribution < -0.4 is 14.8 Å². The number of ether oxygens (including phenoxy) is 2. The number of hydrogen-bond donors (Lipinski definition) is 1. The van der Waals surface area contributed by atoms with E-state index in [0.717, 1.165) is 12.1 Å². The van der Waals surface area contributed by atoms with Gasteiger partial charge in [0.1, 0.15) is 0 Å². The largest absolute Gasteiger partial charge is 0.493 e. The van der Waals surface area contributed by atoms with Gasteiger partial charge in [0, 0.05) is 12.6 Å². The Hall–Kier alpha value is -2.15. The number of rotatable bonds is 7. The lowest BCUT2D eigenvalue weighted by Gasteiger charge is -2.12. The molecule has 0 spiro atoms. The van der Waals surface area contributed by atoms with E-state index in [-0.39, 0.29) is 6.61 Å². The fourth-order valence-corrected chi connectivity index (χ4v) is 1.79. The number of nitrogens with zero attached hydrogens (tertiary/aromatic N) is 4. The van der Waals surface area contributed by atoms with Gasteiger partial charge in [-0.2, -0.15) is 4.80 Å². The molecule has 7 nitrogen and oxygen atoms in total. The van der Waals surface area contributed by atoms with Gasteiger partial charge in [-0.15, -0.1) is 10.2 Å². The van der Waals surface area contributed by atoms with Gasteiger partial charge in [-0.1, -0.05) is 19.9 Å². The number of benzene rings is 1. The Balaban J connectivity index is 2.01. The molecular weight excluding hydrogens is 270 g/mol. The first-order valence-corrected chi connectivity index (χ1v) is 6.84. The minimum atomic E-state index is 0.258. The maximum atomic E-state index is 5.68. The van der Waals surface area contributed by atoms with Gasteiger partial charge in [-0.05, 0) is 22.9 Å². The second-order valence-corrected chi connectivity index (χ2v) is 5.00. The summed E-state index contributed by atoms with van der Waals surface area (Å²) in [6, 6.07) is 6.31. The van der Waals surface area contributed by atoms with Crippen LogP contribution >= 0.6 is 0 Å². The van der Waals surface area contributed by atoms with Gasteiger partial charge in [-0.25, -0.2) is 0 Å². The van der Waals surface area contributed by atoms with E-state index in [1.165, 1.54) is 4.80 Å². The summed E-state index contributed by atoms with van der Waals surface area (Å²) >= 11 is 0. The molecule has 1 aromatic carbocycles. The molecule has 0 amide bonds. The summed E-state index contributed by atoms with van der Waals surface area (Å²) in [6.45, 7) is 5.28. The van der Waals surface area contributed by atoms with Gasteiger partial charge in [-0.3, -0.25) is 0 Å². The summed E-state index contributed by atoms with van der Waals surface area (Å²) in [5.74, 6) is 1.89. The molecule has 114 valence electrons. The highest BCUT2D eigenvalue weighted by molar-refractivity contribution is 5.43. The van der Waals surface area contributed by atoms with Crippen molar-refractivity contribution in [2.45, 2.75) is 33.0 Å². The van der Waals surface area contributed by atoms with Crippen molar-refractivity contribution in [3.8, 4) is 11.5 Å². The third-order valence-electron chi connectivity index (χ3n) is 2.85. The third-order valence-corrected chi connectivity index (χ3v) is 2.85. The molecule has 0 unspecified atom stereocenters. The second kappa shape index (κ2) is 7.03. The maximum absolute atomic E-state index is 5.68. The van der Waals surface area contributed by atoms with Crippen molar-refractivity contribution in [3.05, 3.63) is 29.6 Å². The van der Waals surface area contributed by atoms with Gasteiger partial charge >= 0.3 is 0 Å². The van der Waals surface area contributed by atoms with E-state index in [9.17, 15) is 0 Å². The van der Waals surface area contributed by atoms with Crippen LogP contribution in [0.1, 0.15) is 25.2 Å². The molecule has 0 aliphatic carbocycles. The molecule has 0 radical (unpaired) electrons. The highest BCUT2D eigenvalue weighted by Gasteiger charge is 2.08. The predicted octanol–water partition coefficient (Wildman–Crippen LogP) is 1.30. The van der Waals surface area contributed by atoms with Crippen molar-refractivity contribution in [2.24, 2.45) is 7.05 Å². The zero-order valence-electron chi connectivity index (χ0n) is 12.8. The second-order valence-electron chi connectivity index (χ2n) is 5.00. The van der Waals surface area contributed by atoms with E-state index in [2.05, 4.69) is 34.6 Å². The molecule has 7 heteroatoms. The van der Waals surface area contributed by atoms with Crippen molar-refractivity contribution < 1.29 is 9.47 Å². The van der Waals surface area contributed by atoms with E-state index >= 15 is 0 Å². The van der Waals surface area contributed by atoms with E-state index in [1.807, 2.05) is 18.2 Å². The van der Waals surface area contributed by atoms with E-state index in [1.54, 1.807) is 14.2 Å². The van der Waals surface area contributed by atoms with Crippen LogP contribution in [-0.4, -0.2) is 33.4 Å². The zero-order valence-corrected chi connectivity index (χ0v) is 12.8. The average Bonchev–Trinajstić information content (AvgIpc) is 2.88. The summed E-state index contributed by atoms with van der Waals surface area (Å²) in [6.07, 6.45) is 0. The highest BCUT2D eigenvalue weighted by Crippen LogP contribution is 2.28. The Labute approximate surface area is 124 Å². The number of aryl methyl sites for hydroxylation is 1. The molecule has 1 N–H and O–H groups in total. The molecule has 0 aliphatic heterocycles. The van der Waals surface area contributed by atoms with Crippen molar-refractivity contribution in [1.29, 1.82) is 0 Å². The van der Waals surface area contributed by atoms with Gasteiger partial charge in [0.2, 0.25) is 5.82 Å². The van der Waals surface area contributed by atoms with Crippen molar-refractivity contribution in [2.75, 3.05) is 7.11 Å². The summed E-state index contributed by atoms with van der Waals surface area (Å²) in [5, 5.41) is 15.1. The monoisotopic (exact) mass is 291 g/mol. The van der Waals surface area contributed by atoms with Gasteiger partial charge in [0.25, 0.3) is 0 Å². The Morgan fingerprint density at radius 2 is 2.10 bits per heavy atom. The van der Waals surface area contributed by atoms with Crippen LogP contribution in [0, 0.1) is 0 Å². The molecule has 21 heavy (non-hydrogen) atoms. The molecular formula is C14H21N5O2. The van der Waals surface area contributed by atoms with Crippen LogP contribution in [0.25, 0.3) is 0 Å². The molecule has 0 atom stereocenters. The fraction of sp³-hybridized carbons (Fsp3) is 0.500. The Kier molecular flexibility index (Phi) is 5.10. The quantitative estimate of drug-likeness (QED) is 0.828. The van der Waals surface area contributed by atoms with Gasteiger partial charge in [0.05, 0.1) is 14.2 Å². The maximum Gasteiger partial charge on any atom is 0.212 e. The highest BCUT2D eigenvalue weighted by atomic mass is 16.5. The van der Waals surface area contributed by atoms with Crippen molar-refractivity contribution in [1.82, 2.24) is 25.5 Å². The normalized spacial score (nSPS) is 10.9. The average molecular weight is 291 g/mol. The fourth-order valence-electron chi connectivity index (χ4n) is 1.79. The van der Waals surface area contributed by atoms with Gasteiger partial charge < -0.3 is 14.8 Å². The summed E-state index contributed by atoms with van der Waals surface area (Å²) < 4.78 is 11.1. The predicted molar refractivity (Wildman–Crippen MR) is 78.1 cm³/mol. The molecule has 0 saturated carbocycles. The number of nitrogens with one attached hydrogen (secondary N) is 1. The Morgan fingerprint density at radius 3 is 2.71 bits per heavy atom. The standard InChI is InChI=1S/C14H21N5O2/c1-10(2)15-8-11-5-6-12(13(7-11)20-4)21-9-14-16-18-19(3)17-14/h5-7,10,15H,8-9H2,1-4H3. The smallest absolute Gasteiger partial charge is 0.212 e. The minimum Gasteiger partial charge on any atom is -0.493 e. The van der Waals surface area contributed by atoms with Crippen LogP contribution in [0.5, 0.6) is 11.5 Å². The molecule has 2 rings (SSSR count). The van der Waals surface area contributed by atoms with Crippen LogP contribution in [0.4, 0.5) is 0 Å². The molecule has 0 aliphatic rings. The summed E-state index contributed by atoms with van der Waals surface area (Å²) in [5.41, 5.74) is 1.14.